The summed E-state index contributed by atoms with van der Waals surface area (Å²) in [4.78, 5) is 74.7. The second kappa shape index (κ2) is 26.9. The topological polar surface area (TPSA) is 221 Å². The van der Waals surface area contributed by atoms with Gasteiger partial charge < -0.3 is 44.4 Å². The lowest BCUT2D eigenvalue weighted by atomic mass is 10.0. The zero-order valence-electron chi connectivity index (χ0n) is 41.5. The first-order valence-corrected chi connectivity index (χ1v) is 24.9. The molecule has 2 aliphatic rings. The van der Waals surface area contributed by atoms with Gasteiger partial charge in [-0.15, -0.1) is 10.2 Å². The normalized spacial score (nSPS) is 14.9. The van der Waals surface area contributed by atoms with E-state index < -0.39 is 6.04 Å². The SMILES string of the molecule is C[C@@H](NC(=O)c1cccc(NCc2nnc(-c3ccncn3)n2C)c1)c1cccc(OCCCCCCOCCOCCOCCCCCC(=O)Nc2cccc3c2CN(C2CCC(=O)N(C)C2=O)C3=O)c1. The van der Waals surface area contributed by atoms with E-state index in [-0.39, 0.29) is 48.5 Å². The molecule has 2 aliphatic heterocycles. The number of amides is 5. The summed E-state index contributed by atoms with van der Waals surface area (Å²) >= 11 is 0. The van der Waals surface area contributed by atoms with Crippen LogP contribution in [0.4, 0.5) is 11.4 Å². The number of piperidine rings is 1. The van der Waals surface area contributed by atoms with Crippen molar-refractivity contribution in [1.82, 2.24) is 39.8 Å². The molecule has 3 N–H and O–H groups in total. The van der Waals surface area contributed by atoms with Gasteiger partial charge in [0.2, 0.25) is 11.8 Å². The van der Waals surface area contributed by atoms with Crippen molar-refractivity contribution in [3.05, 3.63) is 113 Å². The van der Waals surface area contributed by atoms with Crippen LogP contribution in [0.25, 0.3) is 11.5 Å². The largest absolute Gasteiger partial charge is 0.494 e. The molecule has 0 aliphatic carbocycles. The number of aromatic nitrogens is 5. The molecule has 19 nitrogen and oxygen atoms in total. The predicted molar refractivity (Wildman–Crippen MR) is 269 cm³/mol. The lowest BCUT2D eigenvalue weighted by molar-refractivity contribution is -0.150. The first kappa shape index (κ1) is 52.7. The minimum atomic E-state index is -0.692. The van der Waals surface area contributed by atoms with Crippen LogP contribution in [0.2, 0.25) is 0 Å². The Labute approximate surface area is 420 Å². The van der Waals surface area contributed by atoms with Gasteiger partial charge in [0, 0.05) is 81.0 Å². The van der Waals surface area contributed by atoms with Crippen molar-refractivity contribution in [3.63, 3.8) is 0 Å². The van der Waals surface area contributed by atoms with E-state index in [9.17, 15) is 24.0 Å². The van der Waals surface area contributed by atoms with E-state index in [4.69, 9.17) is 18.9 Å². The molecule has 1 fully saturated rings. The Balaban J connectivity index is 0.659. The highest BCUT2D eigenvalue weighted by molar-refractivity contribution is 6.06. The zero-order valence-corrected chi connectivity index (χ0v) is 41.5. The average molecular weight is 987 g/mol. The quantitative estimate of drug-likeness (QED) is 0.0337. The van der Waals surface area contributed by atoms with Gasteiger partial charge in [-0.2, -0.15) is 0 Å². The summed E-state index contributed by atoms with van der Waals surface area (Å²) in [6.45, 7) is 6.46. The summed E-state index contributed by atoms with van der Waals surface area (Å²) in [6, 6.07) is 21.3. The molecule has 5 aromatic rings. The van der Waals surface area contributed by atoms with Gasteiger partial charge in [-0.05, 0) is 99.5 Å². The molecule has 5 amide bonds. The van der Waals surface area contributed by atoms with E-state index in [2.05, 4.69) is 36.1 Å². The first-order chi connectivity index (χ1) is 35.1. The number of benzene rings is 3. The smallest absolute Gasteiger partial charge is 0.255 e. The van der Waals surface area contributed by atoms with Crippen molar-refractivity contribution in [1.29, 1.82) is 0 Å². The van der Waals surface area contributed by atoms with Gasteiger partial charge in [-0.1, -0.05) is 37.1 Å². The molecule has 1 saturated heterocycles. The molecule has 0 spiro atoms. The molecule has 7 rings (SSSR count). The summed E-state index contributed by atoms with van der Waals surface area (Å²) in [5.41, 5.74) is 4.70. The number of fused-ring (bicyclic) bond motifs is 1. The van der Waals surface area contributed by atoms with Gasteiger partial charge in [0.25, 0.3) is 17.7 Å². The molecule has 4 heterocycles. The van der Waals surface area contributed by atoms with E-state index in [0.717, 1.165) is 66.2 Å². The number of nitrogens with one attached hydrogen (secondary N) is 3. The molecule has 1 unspecified atom stereocenters. The summed E-state index contributed by atoms with van der Waals surface area (Å²) < 4.78 is 25.0. The molecule has 3 aromatic carbocycles. The number of carbonyl (C=O) groups excluding carboxylic acids is 5. The Morgan fingerprint density at radius 1 is 0.792 bits per heavy atom. The third kappa shape index (κ3) is 14.7. The molecule has 2 atom stereocenters. The summed E-state index contributed by atoms with van der Waals surface area (Å²) in [7, 11) is 3.33. The van der Waals surface area contributed by atoms with Crippen molar-refractivity contribution in [2.45, 2.75) is 96.3 Å². The Kier molecular flexibility index (Phi) is 19.7. The Morgan fingerprint density at radius 2 is 1.51 bits per heavy atom. The minimum absolute atomic E-state index is 0.133. The van der Waals surface area contributed by atoms with Crippen LogP contribution < -0.4 is 20.7 Å². The fourth-order valence-electron chi connectivity index (χ4n) is 8.53. The van der Waals surface area contributed by atoms with Gasteiger partial charge in [0.05, 0.1) is 45.6 Å². The third-order valence-electron chi connectivity index (χ3n) is 12.7. The van der Waals surface area contributed by atoms with E-state index in [1.54, 1.807) is 36.5 Å². The van der Waals surface area contributed by atoms with Crippen molar-refractivity contribution in [2.75, 3.05) is 63.9 Å². The second-order valence-electron chi connectivity index (χ2n) is 17.9. The maximum absolute atomic E-state index is 13.3. The Hall–Kier alpha value is -7.09. The number of likely N-dealkylation sites (N-methyl/N-ethyl adjacent to an activating group) is 1. The first-order valence-electron chi connectivity index (χ1n) is 24.9. The van der Waals surface area contributed by atoms with Crippen molar-refractivity contribution in [2.24, 2.45) is 7.05 Å². The number of hydrogen-bond donors (Lipinski definition) is 3. The number of likely N-dealkylation sites (tertiary alicyclic amines) is 1. The van der Waals surface area contributed by atoms with Crippen molar-refractivity contribution in [3.8, 4) is 17.3 Å². The predicted octanol–water partition coefficient (Wildman–Crippen LogP) is 6.67. The Morgan fingerprint density at radius 3 is 2.28 bits per heavy atom. The van der Waals surface area contributed by atoms with Gasteiger partial charge in [0.1, 0.15) is 23.8 Å². The number of rotatable bonds is 29. The summed E-state index contributed by atoms with van der Waals surface area (Å²) in [6.07, 6.45) is 10.3. The maximum Gasteiger partial charge on any atom is 0.255 e. The average Bonchev–Trinajstić information content (AvgIpc) is 3.94. The fraction of sp³-hybridized carbons (Fsp3) is 0.453. The molecule has 19 heteroatoms. The number of nitrogens with zero attached hydrogens (tertiary/aromatic N) is 7. The van der Waals surface area contributed by atoms with E-state index in [0.29, 0.717) is 106 Å². The number of ether oxygens (including phenoxy) is 4. The molecule has 2 aromatic heterocycles. The maximum atomic E-state index is 13.3. The van der Waals surface area contributed by atoms with E-state index in [1.165, 1.54) is 18.3 Å². The third-order valence-corrected chi connectivity index (χ3v) is 12.7. The van der Waals surface area contributed by atoms with Crippen LogP contribution in [0.3, 0.4) is 0 Å². The van der Waals surface area contributed by atoms with Crippen molar-refractivity contribution < 1.29 is 42.9 Å². The number of anilines is 2. The van der Waals surface area contributed by atoms with Gasteiger partial charge >= 0.3 is 0 Å². The highest BCUT2D eigenvalue weighted by atomic mass is 16.5. The van der Waals surface area contributed by atoms with E-state index >= 15 is 0 Å². The van der Waals surface area contributed by atoms with Gasteiger partial charge in [-0.3, -0.25) is 28.9 Å². The molecule has 72 heavy (non-hydrogen) atoms. The molecular weight excluding hydrogens is 921 g/mol. The summed E-state index contributed by atoms with van der Waals surface area (Å²) in [5, 5.41) is 18.0. The van der Waals surface area contributed by atoms with Crippen LogP contribution in [0.15, 0.2) is 85.3 Å². The van der Waals surface area contributed by atoms with Crippen LogP contribution in [0.5, 0.6) is 5.75 Å². The van der Waals surface area contributed by atoms with Crippen molar-refractivity contribution >= 4 is 40.9 Å². The van der Waals surface area contributed by atoms with Crippen LogP contribution in [-0.4, -0.2) is 123 Å². The lowest BCUT2D eigenvalue weighted by Crippen LogP contribution is -2.53. The van der Waals surface area contributed by atoms with Crippen LogP contribution in [-0.2, 0) is 48.7 Å². The number of carbonyl (C=O) groups is 5. The fourth-order valence-corrected chi connectivity index (χ4v) is 8.53. The number of hydrogen-bond acceptors (Lipinski definition) is 14. The molecule has 0 bridgehead atoms. The summed E-state index contributed by atoms with van der Waals surface area (Å²) in [5.74, 6) is 0.936. The zero-order chi connectivity index (χ0) is 50.7. The van der Waals surface area contributed by atoms with Crippen LogP contribution >= 0.6 is 0 Å². The van der Waals surface area contributed by atoms with Gasteiger partial charge in [0.15, 0.2) is 11.6 Å². The van der Waals surface area contributed by atoms with Crippen LogP contribution in [0, 0.1) is 0 Å². The molecular formula is C53H66N10O9. The molecule has 382 valence electrons. The van der Waals surface area contributed by atoms with Gasteiger partial charge in [-0.25, -0.2) is 9.97 Å². The van der Waals surface area contributed by atoms with Crippen LogP contribution in [0.1, 0.15) is 115 Å². The highest BCUT2D eigenvalue weighted by Crippen LogP contribution is 2.33. The number of unbranched alkanes of at least 4 members (excludes halogenated alkanes) is 5. The number of imide groups is 1. The minimum Gasteiger partial charge on any atom is -0.494 e. The van der Waals surface area contributed by atoms with E-state index in [1.807, 2.05) is 61.0 Å². The Bertz CT molecular complexity index is 2610. The molecule has 0 radical (unpaired) electrons. The second-order valence-corrected chi connectivity index (χ2v) is 17.9. The monoisotopic (exact) mass is 987 g/mol. The molecule has 0 saturated carbocycles. The standard InChI is InChI=1S/C53H66N10O9/c1-37(57-51(66)39-15-11-16-40(32-39)55-34-47-59-60-50(61(47)2)45-23-24-54-36-56-45)38-14-12-17-41(33-38)72-27-10-5-4-8-25-69-28-30-71-31-29-70-26-9-6-7-20-48(64)58-44-19-13-18-42-43(44)35-63(52(42)67)46-21-22-49(65)62(3)53(46)68/h11-19,23-24,32-33,36-37,46,55H,4-10,20-22,25-31,34-35H2,1-3H3,(H,57,66)(H,58,64)/t37-,46?/m1/s1. The highest BCUT2D eigenvalue weighted by Gasteiger charge is 2.42. The lowest BCUT2D eigenvalue weighted by Gasteiger charge is -2.33.